The summed E-state index contributed by atoms with van der Waals surface area (Å²) in [7, 11) is 0. The number of aromatic nitrogens is 1. The molecule has 0 radical (unpaired) electrons. The first-order valence-corrected chi connectivity index (χ1v) is 6.21. The molecule has 1 aromatic carbocycles. The molecule has 0 aliphatic heterocycles. The third-order valence-corrected chi connectivity index (χ3v) is 3.72. The van der Waals surface area contributed by atoms with Gasteiger partial charge in [-0.25, -0.2) is 0 Å². The molecular formula is C15H17NO. The minimum Gasteiger partial charge on any atom is -0.390 e. The SMILES string of the molecule is CC1CC(O)(Cc2ccnc3ccccc23)C1. The molecular weight excluding hydrogens is 210 g/mol. The lowest BCUT2D eigenvalue weighted by Crippen LogP contribution is -2.44. The topological polar surface area (TPSA) is 33.1 Å². The summed E-state index contributed by atoms with van der Waals surface area (Å²) in [6.45, 7) is 2.19. The average Bonchev–Trinajstić information content (AvgIpc) is 2.28. The van der Waals surface area contributed by atoms with Gasteiger partial charge in [0.05, 0.1) is 11.1 Å². The molecule has 1 aliphatic carbocycles. The standard InChI is InChI=1S/C15H17NO/c1-11-8-15(17,9-11)10-12-6-7-16-14-5-3-2-4-13(12)14/h2-7,11,17H,8-10H2,1H3. The Bertz CT molecular complexity index is 538. The Morgan fingerprint density at radius 1 is 1.29 bits per heavy atom. The van der Waals surface area contributed by atoms with Crippen molar-refractivity contribution >= 4 is 10.9 Å². The Balaban J connectivity index is 1.95. The van der Waals surface area contributed by atoms with E-state index in [0.717, 1.165) is 24.8 Å². The van der Waals surface area contributed by atoms with Crippen LogP contribution in [0.3, 0.4) is 0 Å². The first kappa shape index (κ1) is 10.7. The molecule has 1 aliphatic rings. The van der Waals surface area contributed by atoms with E-state index in [1.165, 1.54) is 10.9 Å². The molecule has 1 fully saturated rings. The minimum absolute atomic E-state index is 0.483. The van der Waals surface area contributed by atoms with Gasteiger partial charge in [0.2, 0.25) is 0 Å². The summed E-state index contributed by atoms with van der Waals surface area (Å²) in [5, 5.41) is 11.5. The van der Waals surface area contributed by atoms with Gasteiger partial charge in [-0.3, -0.25) is 4.98 Å². The van der Waals surface area contributed by atoms with Gasteiger partial charge in [-0.05, 0) is 36.5 Å². The van der Waals surface area contributed by atoms with Crippen molar-refractivity contribution in [1.82, 2.24) is 4.98 Å². The molecule has 2 aromatic rings. The summed E-state index contributed by atoms with van der Waals surface area (Å²) in [4.78, 5) is 4.35. The highest BCUT2D eigenvalue weighted by Gasteiger charge is 2.40. The van der Waals surface area contributed by atoms with E-state index < -0.39 is 5.60 Å². The molecule has 0 bridgehead atoms. The lowest BCUT2D eigenvalue weighted by atomic mass is 9.69. The van der Waals surface area contributed by atoms with Crippen LogP contribution in [0.5, 0.6) is 0 Å². The van der Waals surface area contributed by atoms with Gasteiger partial charge < -0.3 is 5.11 Å². The zero-order valence-electron chi connectivity index (χ0n) is 10.1. The van der Waals surface area contributed by atoms with E-state index >= 15 is 0 Å². The van der Waals surface area contributed by atoms with Gasteiger partial charge in [0.15, 0.2) is 0 Å². The van der Waals surface area contributed by atoms with Crippen LogP contribution in [0, 0.1) is 5.92 Å². The maximum atomic E-state index is 10.4. The van der Waals surface area contributed by atoms with Crippen molar-refractivity contribution in [3.05, 3.63) is 42.1 Å². The quantitative estimate of drug-likeness (QED) is 0.855. The summed E-state index contributed by atoms with van der Waals surface area (Å²) < 4.78 is 0. The van der Waals surface area contributed by atoms with Gasteiger partial charge in [0.25, 0.3) is 0 Å². The molecule has 2 nitrogen and oxygen atoms in total. The van der Waals surface area contributed by atoms with E-state index in [9.17, 15) is 5.11 Å². The van der Waals surface area contributed by atoms with E-state index in [1.807, 2.05) is 30.5 Å². The molecule has 1 saturated carbocycles. The van der Waals surface area contributed by atoms with Crippen LogP contribution in [0.1, 0.15) is 25.3 Å². The number of aliphatic hydroxyl groups is 1. The fourth-order valence-electron chi connectivity index (χ4n) is 3.05. The van der Waals surface area contributed by atoms with Crippen LogP contribution in [0.25, 0.3) is 10.9 Å². The normalized spacial score (nSPS) is 28.0. The number of para-hydroxylation sites is 1. The summed E-state index contributed by atoms with van der Waals surface area (Å²) in [5.74, 6) is 0.660. The van der Waals surface area contributed by atoms with E-state index in [2.05, 4.69) is 18.0 Å². The lowest BCUT2D eigenvalue weighted by molar-refractivity contribution is -0.0663. The van der Waals surface area contributed by atoms with Crippen LogP contribution < -0.4 is 0 Å². The Morgan fingerprint density at radius 3 is 2.82 bits per heavy atom. The third kappa shape index (κ3) is 1.93. The van der Waals surface area contributed by atoms with Crippen molar-refractivity contribution < 1.29 is 5.11 Å². The second-order valence-electron chi connectivity index (χ2n) is 5.40. The monoisotopic (exact) mass is 227 g/mol. The number of hydrogen-bond donors (Lipinski definition) is 1. The largest absolute Gasteiger partial charge is 0.390 e. The smallest absolute Gasteiger partial charge is 0.0704 e. The summed E-state index contributed by atoms with van der Waals surface area (Å²) in [5.41, 5.74) is 1.75. The predicted molar refractivity (Wildman–Crippen MR) is 68.8 cm³/mol. The summed E-state index contributed by atoms with van der Waals surface area (Å²) >= 11 is 0. The van der Waals surface area contributed by atoms with Crippen LogP contribution in [-0.4, -0.2) is 15.7 Å². The highest BCUT2D eigenvalue weighted by atomic mass is 16.3. The van der Waals surface area contributed by atoms with E-state index in [-0.39, 0.29) is 0 Å². The second-order valence-corrected chi connectivity index (χ2v) is 5.40. The van der Waals surface area contributed by atoms with Gasteiger partial charge >= 0.3 is 0 Å². The third-order valence-electron chi connectivity index (χ3n) is 3.72. The molecule has 0 spiro atoms. The van der Waals surface area contributed by atoms with Crippen molar-refractivity contribution in [2.24, 2.45) is 5.92 Å². The average molecular weight is 227 g/mol. The molecule has 0 unspecified atom stereocenters. The van der Waals surface area contributed by atoms with Crippen molar-refractivity contribution in [1.29, 1.82) is 0 Å². The van der Waals surface area contributed by atoms with Gasteiger partial charge in [0.1, 0.15) is 0 Å². The highest BCUT2D eigenvalue weighted by molar-refractivity contribution is 5.81. The van der Waals surface area contributed by atoms with Gasteiger partial charge in [0, 0.05) is 18.0 Å². The van der Waals surface area contributed by atoms with E-state index in [1.54, 1.807) is 0 Å². The zero-order valence-corrected chi connectivity index (χ0v) is 10.1. The van der Waals surface area contributed by atoms with Gasteiger partial charge in [-0.15, -0.1) is 0 Å². The van der Waals surface area contributed by atoms with Crippen molar-refractivity contribution in [3.8, 4) is 0 Å². The zero-order chi connectivity index (χ0) is 11.9. The van der Waals surface area contributed by atoms with Crippen LogP contribution in [-0.2, 0) is 6.42 Å². The van der Waals surface area contributed by atoms with Crippen molar-refractivity contribution in [2.75, 3.05) is 0 Å². The molecule has 1 N–H and O–H groups in total. The Morgan fingerprint density at radius 2 is 2.06 bits per heavy atom. The number of fused-ring (bicyclic) bond motifs is 1. The minimum atomic E-state index is -0.483. The van der Waals surface area contributed by atoms with Crippen molar-refractivity contribution in [2.45, 2.75) is 31.8 Å². The molecule has 0 atom stereocenters. The van der Waals surface area contributed by atoms with Crippen LogP contribution in [0.2, 0.25) is 0 Å². The predicted octanol–water partition coefficient (Wildman–Crippen LogP) is 2.94. The number of nitrogens with zero attached hydrogens (tertiary/aromatic N) is 1. The fourth-order valence-corrected chi connectivity index (χ4v) is 3.05. The Labute approximate surface area is 101 Å². The summed E-state index contributed by atoms with van der Waals surface area (Å²) in [6.07, 6.45) is 4.43. The number of benzene rings is 1. The number of hydrogen-bond acceptors (Lipinski definition) is 2. The molecule has 88 valence electrons. The highest BCUT2D eigenvalue weighted by Crippen LogP contribution is 2.40. The first-order chi connectivity index (χ1) is 8.16. The molecule has 1 heterocycles. The number of rotatable bonds is 2. The van der Waals surface area contributed by atoms with Crippen LogP contribution in [0.4, 0.5) is 0 Å². The second kappa shape index (κ2) is 3.81. The molecule has 0 saturated heterocycles. The van der Waals surface area contributed by atoms with Crippen molar-refractivity contribution in [3.63, 3.8) is 0 Å². The van der Waals surface area contributed by atoms with Crippen LogP contribution >= 0.6 is 0 Å². The Hall–Kier alpha value is -1.41. The molecule has 1 aromatic heterocycles. The van der Waals surface area contributed by atoms with Gasteiger partial charge in [-0.2, -0.15) is 0 Å². The molecule has 2 heteroatoms. The number of pyridine rings is 1. The van der Waals surface area contributed by atoms with E-state index in [0.29, 0.717) is 5.92 Å². The Kier molecular flexibility index (Phi) is 2.40. The molecule has 0 amide bonds. The fraction of sp³-hybridized carbons (Fsp3) is 0.400. The maximum Gasteiger partial charge on any atom is 0.0704 e. The molecule has 17 heavy (non-hydrogen) atoms. The van der Waals surface area contributed by atoms with Gasteiger partial charge in [-0.1, -0.05) is 25.1 Å². The molecule has 3 rings (SSSR count). The summed E-state index contributed by atoms with van der Waals surface area (Å²) in [6, 6.07) is 10.2. The maximum absolute atomic E-state index is 10.4. The lowest BCUT2D eigenvalue weighted by Gasteiger charge is -2.42. The first-order valence-electron chi connectivity index (χ1n) is 6.21. The van der Waals surface area contributed by atoms with E-state index in [4.69, 9.17) is 0 Å². The van der Waals surface area contributed by atoms with Crippen LogP contribution in [0.15, 0.2) is 36.5 Å².